The monoisotopic (exact) mass is 576 g/mol. The Balaban J connectivity index is 1.77. The predicted molar refractivity (Wildman–Crippen MR) is 134 cm³/mol. The summed E-state index contributed by atoms with van der Waals surface area (Å²) in [5.74, 6) is -0.809. The molecule has 0 bridgehead atoms. The lowest BCUT2D eigenvalue weighted by Crippen LogP contribution is -2.29. The first-order chi connectivity index (χ1) is 15.8. The summed E-state index contributed by atoms with van der Waals surface area (Å²) in [4.78, 5) is 21.8. The number of carbonyl (C=O) groups is 1. The van der Waals surface area contributed by atoms with Crippen LogP contribution in [0.1, 0.15) is 28.9 Å². The van der Waals surface area contributed by atoms with E-state index in [-0.39, 0.29) is 17.1 Å². The zero-order valence-corrected chi connectivity index (χ0v) is 20.2. The lowest BCUT2D eigenvalue weighted by atomic mass is 10.1. The fourth-order valence-corrected chi connectivity index (χ4v) is 4.52. The molecule has 10 heteroatoms. The van der Waals surface area contributed by atoms with E-state index in [1.165, 1.54) is 24.5 Å². The first kappa shape index (κ1) is 23.2. The molecule has 2 atom stereocenters. The minimum absolute atomic E-state index is 0.202. The molecule has 0 aliphatic carbocycles. The summed E-state index contributed by atoms with van der Waals surface area (Å²) in [7, 11) is 0. The van der Waals surface area contributed by atoms with Crippen LogP contribution < -0.4 is 9.62 Å². The van der Waals surface area contributed by atoms with Crippen molar-refractivity contribution in [1.29, 1.82) is 0 Å². The van der Waals surface area contributed by atoms with Gasteiger partial charge in [-0.15, -0.1) is 0 Å². The minimum Gasteiger partial charge on any atom is -0.345 e. The summed E-state index contributed by atoms with van der Waals surface area (Å²) >= 11 is -0.432. The molecule has 0 fully saturated rings. The van der Waals surface area contributed by atoms with Crippen LogP contribution in [0.4, 0.5) is 15.8 Å². The third-order valence-electron chi connectivity index (χ3n) is 4.99. The second kappa shape index (κ2) is 9.89. The van der Waals surface area contributed by atoms with Crippen LogP contribution in [0.5, 0.6) is 0 Å². The molecule has 168 valence electrons. The topological polar surface area (TPSA) is 95.4 Å². The molecule has 0 aliphatic rings. The van der Waals surface area contributed by atoms with Crippen molar-refractivity contribution in [3.05, 3.63) is 93.6 Å². The van der Waals surface area contributed by atoms with E-state index in [1.54, 1.807) is 55.5 Å². The predicted octanol–water partition coefficient (Wildman–Crippen LogP) is 5.14. The molecule has 7 nitrogen and oxygen atoms in total. The summed E-state index contributed by atoms with van der Waals surface area (Å²) < 4.78 is 37.9. The molecule has 4 rings (SSSR count). The van der Waals surface area contributed by atoms with E-state index >= 15 is 0 Å². The van der Waals surface area contributed by atoms with Gasteiger partial charge in [-0.25, -0.2) is 12.9 Å². The minimum atomic E-state index is -2.51. The van der Waals surface area contributed by atoms with E-state index in [2.05, 4.69) is 37.9 Å². The highest BCUT2D eigenvalue weighted by molar-refractivity contribution is 14.1. The Bertz CT molecular complexity index is 1350. The van der Waals surface area contributed by atoms with Crippen LogP contribution in [0.25, 0.3) is 11.0 Å². The van der Waals surface area contributed by atoms with Gasteiger partial charge in [-0.2, -0.15) is 0 Å². The molecular formula is C23H18FIN4O3S. The Morgan fingerprint density at radius 2 is 1.82 bits per heavy atom. The molecule has 1 amide bonds. The van der Waals surface area contributed by atoms with Crippen LogP contribution in [0.15, 0.2) is 73.1 Å². The third kappa shape index (κ3) is 5.02. The van der Waals surface area contributed by atoms with Gasteiger partial charge >= 0.3 is 0 Å². The van der Waals surface area contributed by atoms with E-state index in [0.29, 0.717) is 16.7 Å². The number of carbonyl (C=O) groups excluding carboxylic acids is 1. The lowest BCUT2D eigenvalue weighted by Gasteiger charge is -2.24. The molecule has 33 heavy (non-hydrogen) atoms. The van der Waals surface area contributed by atoms with Gasteiger partial charge in [0, 0.05) is 16.0 Å². The molecule has 0 saturated heterocycles. The molecular weight excluding hydrogens is 558 g/mol. The number of nitrogens with zero attached hydrogens (tertiary/aromatic N) is 3. The number of hydrogen-bond acceptors (Lipinski definition) is 4. The van der Waals surface area contributed by atoms with Crippen molar-refractivity contribution in [1.82, 2.24) is 15.3 Å². The van der Waals surface area contributed by atoms with E-state index in [0.717, 1.165) is 13.4 Å². The maximum atomic E-state index is 13.2. The zero-order chi connectivity index (χ0) is 23.5. The molecule has 2 unspecified atom stereocenters. The Hall–Kier alpha value is -2.96. The summed E-state index contributed by atoms with van der Waals surface area (Å²) in [6, 6.07) is 15.5. The standard InChI is InChI=1S/C23H18FIN4O3S/c1-14(15-5-7-16(24)8-6-15)28-23(30)18-10-9-17(25)13-21(18)29(33(31)32)20-4-2-3-19-22(20)27-12-11-26-19/h2-14H,1H3,(H,28,30)(H,31,32). The van der Waals surface area contributed by atoms with E-state index in [9.17, 15) is 17.9 Å². The van der Waals surface area contributed by atoms with Gasteiger partial charge in [0.2, 0.25) is 0 Å². The average molecular weight is 576 g/mol. The SMILES string of the molecule is CC(NC(=O)c1ccc(I)cc1N(c1cccc2nccnc12)S(=O)O)c1ccc(F)cc1. The second-order valence-electron chi connectivity index (χ2n) is 7.13. The number of nitrogens with one attached hydrogen (secondary N) is 1. The van der Waals surface area contributed by atoms with E-state index in [1.807, 2.05) is 0 Å². The number of benzene rings is 3. The van der Waals surface area contributed by atoms with Crippen LogP contribution in [0.2, 0.25) is 0 Å². The Labute approximate surface area is 205 Å². The highest BCUT2D eigenvalue weighted by atomic mass is 127. The molecule has 3 aromatic carbocycles. The number of anilines is 2. The Morgan fingerprint density at radius 3 is 2.55 bits per heavy atom. The number of rotatable bonds is 6. The highest BCUT2D eigenvalue weighted by Gasteiger charge is 2.25. The second-order valence-corrected chi connectivity index (χ2v) is 9.21. The first-order valence-electron chi connectivity index (χ1n) is 9.82. The molecule has 1 heterocycles. The van der Waals surface area contributed by atoms with Gasteiger partial charge in [0.25, 0.3) is 17.2 Å². The summed E-state index contributed by atoms with van der Waals surface area (Å²) in [5, 5.41) is 2.88. The Morgan fingerprint density at radius 1 is 1.09 bits per heavy atom. The normalized spacial score (nSPS) is 12.8. The zero-order valence-electron chi connectivity index (χ0n) is 17.3. The number of para-hydroxylation sites is 1. The van der Waals surface area contributed by atoms with Crippen molar-refractivity contribution in [2.24, 2.45) is 0 Å². The fraction of sp³-hybridized carbons (Fsp3) is 0.0870. The van der Waals surface area contributed by atoms with Gasteiger partial charge in [0.15, 0.2) is 0 Å². The van der Waals surface area contributed by atoms with Crippen molar-refractivity contribution >= 4 is 62.2 Å². The maximum Gasteiger partial charge on any atom is 0.266 e. The van der Waals surface area contributed by atoms with Gasteiger partial charge in [-0.1, -0.05) is 18.2 Å². The number of aromatic nitrogens is 2. The quantitative estimate of drug-likeness (QED) is 0.245. The molecule has 4 aromatic rings. The summed E-state index contributed by atoms with van der Waals surface area (Å²) in [5.41, 5.74) is 2.48. The van der Waals surface area contributed by atoms with Crippen LogP contribution >= 0.6 is 22.6 Å². The highest BCUT2D eigenvalue weighted by Crippen LogP contribution is 2.35. The summed E-state index contributed by atoms with van der Waals surface area (Å²) in [6.07, 6.45) is 3.03. The van der Waals surface area contributed by atoms with Gasteiger partial charge < -0.3 is 5.32 Å². The van der Waals surface area contributed by atoms with Crippen LogP contribution in [-0.4, -0.2) is 24.6 Å². The van der Waals surface area contributed by atoms with E-state index < -0.39 is 23.2 Å². The third-order valence-corrected chi connectivity index (χ3v) is 6.37. The van der Waals surface area contributed by atoms with Crippen LogP contribution in [0.3, 0.4) is 0 Å². The maximum absolute atomic E-state index is 13.2. The fourth-order valence-electron chi connectivity index (χ4n) is 3.41. The van der Waals surface area contributed by atoms with Gasteiger partial charge in [-0.3, -0.25) is 19.3 Å². The van der Waals surface area contributed by atoms with Crippen molar-refractivity contribution < 1.29 is 17.9 Å². The van der Waals surface area contributed by atoms with Crippen molar-refractivity contribution in [3.8, 4) is 0 Å². The molecule has 0 spiro atoms. The van der Waals surface area contributed by atoms with Crippen molar-refractivity contribution in [2.75, 3.05) is 4.31 Å². The summed E-state index contributed by atoms with van der Waals surface area (Å²) in [6.45, 7) is 1.78. The van der Waals surface area contributed by atoms with Gasteiger partial charge in [0.1, 0.15) is 11.3 Å². The molecule has 0 aliphatic heterocycles. The molecule has 2 N–H and O–H groups in total. The van der Waals surface area contributed by atoms with Crippen LogP contribution in [-0.2, 0) is 11.3 Å². The largest absolute Gasteiger partial charge is 0.345 e. The van der Waals surface area contributed by atoms with Crippen LogP contribution in [0, 0.1) is 9.39 Å². The lowest BCUT2D eigenvalue weighted by molar-refractivity contribution is 0.0940. The van der Waals surface area contributed by atoms with Gasteiger partial charge in [0.05, 0.1) is 28.5 Å². The van der Waals surface area contributed by atoms with Crippen molar-refractivity contribution in [3.63, 3.8) is 0 Å². The number of halogens is 2. The molecule has 0 radical (unpaired) electrons. The van der Waals surface area contributed by atoms with E-state index in [4.69, 9.17) is 0 Å². The molecule has 0 saturated carbocycles. The number of amides is 1. The van der Waals surface area contributed by atoms with Gasteiger partial charge in [-0.05, 0) is 77.5 Å². The number of fused-ring (bicyclic) bond motifs is 1. The number of hydrogen-bond donors (Lipinski definition) is 2. The first-order valence-corrected chi connectivity index (χ1v) is 12.0. The van der Waals surface area contributed by atoms with Crippen molar-refractivity contribution in [2.45, 2.75) is 13.0 Å². The average Bonchev–Trinajstić information content (AvgIpc) is 2.79. The Kier molecular flexibility index (Phi) is 6.96. The smallest absolute Gasteiger partial charge is 0.266 e. The molecule has 1 aromatic heterocycles.